The Morgan fingerprint density at radius 1 is 1.29 bits per heavy atom. The van der Waals surface area contributed by atoms with Gasteiger partial charge in [0.1, 0.15) is 11.2 Å². The topological polar surface area (TPSA) is 91.9 Å². The van der Waals surface area contributed by atoms with Crippen LogP contribution in [-0.4, -0.2) is 61.2 Å². The minimum atomic E-state index is -0.633. The van der Waals surface area contributed by atoms with Crippen LogP contribution in [0.4, 0.5) is 0 Å². The van der Waals surface area contributed by atoms with Crippen LogP contribution in [0.15, 0.2) is 18.6 Å². The summed E-state index contributed by atoms with van der Waals surface area (Å²) in [5.41, 5.74) is 1.22. The molecule has 24 heavy (non-hydrogen) atoms. The Morgan fingerprint density at radius 2 is 2.08 bits per heavy atom. The van der Waals surface area contributed by atoms with Gasteiger partial charge in [-0.05, 0) is 19.3 Å². The normalized spacial score (nSPS) is 24.3. The largest absolute Gasteiger partial charge is 0.391 e. The second-order valence-corrected chi connectivity index (χ2v) is 6.81. The van der Waals surface area contributed by atoms with Crippen molar-refractivity contribution in [1.29, 1.82) is 0 Å². The highest BCUT2D eigenvalue weighted by atomic mass is 16.3. The van der Waals surface area contributed by atoms with Gasteiger partial charge in [0.05, 0.1) is 12.3 Å². The van der Waals surface area contributed by atoms with Gasteiger partial charge in [0, 0.05) is 44.5 Å². The number of amides is 2. The summed E-state index contributed by atoms with van der Waals surface area (Å²) in [7, 11) is 1.86. The fraction of sp³-hybridized carbons (Fsp3) is 0.562. The summed E-state index contributed by atoms with van der Waals surface area (Å²) < 4.78 is 3.49. The molecule has 1 aliphatic carbocycles. The molecule has 8 nitrogen and oxygen atoms in total. The Kier molecular flexibility index (Phi) is 3.56. The van der Waals surface area contributed by atoms with E-state index in [0.29, 0.717) is 18.5 Å². The predicted molar refractivity (Wildman–Crippen MR) is 85.3 cm³/mol. The zero-order valence-electron chi connectivity index (χ0n) is 13.6. The van der Waals surface area contributed by atoms with Crippen molar-refractivity contribution in [2.75, 3.05) is 13.1 Å². The molecule has 0 radical (unpaired) electrons. The highest BCUT2D eigenvalue weighted by Gasteiger charge is 2.35. The van der Waals surface area contributed by atoms with Gasteiger partial charge in [-0.25, -0.2) is 4.52 Å². The Hall–Kier alpha value is -2.35. The number of aromatic nitrogens is 3. The fourth-order valence-electron chi connectivity index (χ4n) is 3.38. The van der Waals surface area contributed by atoms with Crippen molar-refractivity contribution in [3.05, 3.63) is 24.2 Å². The number of imidazole rings is 1. The number of aliphatic hydroxyl groups is 1. The van der Waals surface area contributed by atoms with Crippen molar-refractivity contribution in [2.45, 2.75) is 31.4 Å². The summed E-state index contributed by atoms with van der Waals surface area (Å²) in [6.07, 6.45) is 6.90. The Bertz CT molecular complexity index is 791. The van der Waals surface area contributed by atoms with Crippen LogP contribution in [0.25, 0.3) is 5.65 Å². The number of carbonyl (C=O) groups is 2. The third kappa shape index (κ3) is 2.66. The van der Waals surface area contributed by atoms with E-state index in [1.54, 1.807) is 21.8 Å². The van der Waals surface area contributed by atoms with Crippen LogP contribution >= 0.6 is 0 Å². The lowest BCUT2D eigenvalue weighted by Gasteiger charge is -2.36. The molecule has 1 aliphatic heterocycles. The van der Waals surface area contributed by atoms with Crippen LogP contribution in [0.2, 0.25) is 0 Å². The van der Waals surface area contributed by atoms with Crippen LogP contribution in [0.3, 0.4) is 0 Å². The monoisotopic (exact) mass is 331 g/mol. The molecule has 8 heteroatoms. The van der Waals surface area contributed by atoms with Crippen molar-refractivity contribution in [3.8, 4) is 0 Å². The lowest BCUT2D eigenvalue weighted by Crippen LogP contribution is -2.54. The summed E-state index contributed by atoms with van der Waals surface area (Å²) in [4.78, 5) is 26.4. The zero-order chi connectivity index (χ0) is 16.8. The Labute approximate surface area is 139 Å². The molecule has 2 aromatic heterocycles. The summed E-state index contributed by atoms with van der Waals surface area (Å²) in [5.74, 6) is -0.0139. The molecule has 2 aliphatic rings. The Morgan fingerprint density at radius 3 is 2.83 bits per heavy atom. The lowest BCUT2D eigenvalue weighted by atomic mass is 10.0. The molecule has 0 bridgehead atoms. The van der Waals surface area contributed by atoms with E-state index in [2.05, 4.69) is 10.4 Å². The van der Waals surface area contributed by atoms with Crippen LogP contribution in [0.5, 0.6) is 0 Å². The van der Waals surface area contributed by atoms with E-state index in [9.17, 15) is 14.7 Å². The minimum Gasteiger partial charge on any atom is -0.391 e. The maximum atomic E-state index is 12.9. The molecular formula is C16H21N5O3. The first-order valence-electron chi connectivity index (χ1n) is 8.29. The minimum absolute atomic E-state index is 0.0388. The molecule has 0 aromatic carbocycles. The molecule has 1 saturated carbocycles. The number of rotatable bonds is 3. The van der Waals surface area contributed by atoms with E-state index in [-0.39, 0.29) is 30.3 Å². The molecule has 2 N–H and O–H groups in total. The summed E-state index contributed by atoms with van der Waals surface area (Å²) in [6.45, 7) is 0.687. The average molecular weight is 331 g/mol. The number of hydrogen-bond donors (Lipinski definition) is 2. The van der Waals surface area contributed by atoms with Gasteiger partial charge in [-0.2, -0.15) is 5.10 Å². The first-order valence-corrected chi connectivity index (χ1v) is 8.29. The fourth-order valence-corrected chi connectivity index (χ4v) is 3.38. The average Bonchev–Trinajstić information content (AvgIpc) is 3.21. The maximum Gasteiger partial charge on any atom is 0.259 e. The van der Waals surface area contributed by atoms with Gasteiger partial charge in [-0.1, -0.05) is 0 Å². The first-order chi connectivity index (χ1) is 11.5. The molecule has 2 amide bonds. The number of nitrogens with zero attached hydrogens (tertiary/aromatic N) is 4. The number of aliphatic hydroxyl groups excluding tert-OH is 1. The standard InChI is InChI=1S/C16H21N5O3/c1-19-4-5-21-15(19)13(7-17-21)16(24)20-8-11(6-12(22)9-20)18-14(23)10-2-3-10/h4-5,7,10-12,22H,2-3,6,8-9H2,1H3,(H,18,23)/t11-,12+/m0/s1. The molecule has 2 aromatic rings. The summed E-state index contributed by atoms with van der Waals surface area (Å²) in [6, 6.07) is -0.203. The second-order valence-electron chi connectivity index (χ2n) is 6.81. The molecular weight excluding hydrogens is 310 g/mol. The first kappa shape index (κ1) is 15.2. The molecule has 1 saturated heterocycles. The number of fused-ring (bicyclic) bond motifs is 1. The van der Waals surface area contributed by atoms with E-state index in [4.69, 9.17) is 0 Å². The number of piperidine rings is 1. The van der Waals surface area contributed by atoms with E-state index < -0.39 is 6.10 Å². The van der Waals surface area contributed by atoms with Crippen molar-refractivity contribution in [1.82, 2.24) is 24.4 Å². The van der Waals surface area contributed by atoms with Crippen molar-refractivity contribution >= 4 is 17.5 Å². The zero-order valence-corrected chi connectivity index (χ0v) is 13.6. The number of carbonyl (C=O) groups excluding carboxylic acids is 2. The van der Waals surface area contributed by atoms with Crippen LogP contribution in [0.1, 0.15) is 29.6 Å². The summed E-state index contributed by atoms with van der Waals surface area (Å²) in [5, 5.41) is 17.3. The summed E-state index contributed by atoms with van der Waals surface area (Å²) >= 11 is 0. The van der Waals surface area contributed by atoms with E-state index in [1.807, 2.05) is 17.8 Å². The molecule has 4 rings (SSSR count). The predicted octanol–water partition coefficient (Wildman–Crippen LogP) is -0.226. The van der Waals surface area contributed by atoms with Crippen LogP contribution in [0, 0.1) is 5.92 Å². The van der Waals surface area contributed by atoms with E-state index in [1.165, 1.54) is 0 Å². The highest BCUT2D eigenvalue weighted by Crippen LogP contribution is 2.29. The molecule has 0 unspecified atom stereocenters. The molecule has 2 atom stereocenters. The van der Waals surface area contributed by atoms with Gasteiger partial charge in [0.15, 0.2) is 0 Å². The van der Waals surface area contributed by atoms with Gasteiger partial charge in [-0.15, -0.1) is 0 Å². The van der Waals surface area contributed by atoms with Gasteiger partial charge in [-0.3, -0.25) is 9.59 Å². The van der Waals surface area contributed by atoms with Crippen molar-refractivity contribution in [2.24, 2.45) is 13.0 Å². The lowest BCUT2D eigenvalue weighted by molar-refractivity contribution is -0.123. The van der Waals surface area contributed by atoms with Gasteiger partial charge < -0.3 is 19.9 Å². The number of β-amino-alcohol motifs (C(OH)–C–C–N with tert-alkyl or cyclic N) is 1. The maximum absolute atomic E-state index is 12.9. The van der Waals surface area contributed by atoms with Crippen molar-refractivity contribution in [3.63, 3.8) is 0 Å². The molecule has 128 valence electrons. The number of nitrogens with one attached hydrogen (secondary N) is 1. The molecule has 2 fully saturated rings. The van der Waals surface area contributed by atoms with Crippen LogP contribution < -0.4 is 5.32 Å². The number of hydrogen-bond acceptors (Lipinski definition) is 4. The quantitative estimate of drug-likeness (QED) is 0.813. The van der Waals surface area contributed by atoms with Crippen molar-refractivity contribution < 1.29 is 14.7 Å². The molecule has 0 spiro atoms. The number of aryl methyl sites for hydroxylation is 1. The van der Waals surface area contributed by atoms with Crippen LogP contribution in [-0.2, 0) is 11.8 Å². The Balaban J connectivity index is 1.52. The second kappa shape index (κ2) is 5.62. The number of likely N-dealkylation sites (tertiary alicyclic amines) is 1. The third-order valence-corrected chi connectivity index (χ3v) is 4.78. The third-order valence-electron chi connectivity index (χ3n) is 4.78. The van der Waals surface area contributed by atoms with Gasteiger partial charge in [0.2, 0.25) is 5.91 Å². The van der Waals surface area contributed by atoms with E-state index >= 15 is 0 Å². The van der Waals surface area contributed by atoms with Gasteiger partial charge in [0.25, 0.3) is 5.91 Å². The molecule has 3 heterocycles. The van der Waals surface area contributed by atoms with E-state index in [0.717, 1.165) is 18.5 Å². The smallest absolute Gasteiger partial charge is 0.259 e. The van der Waals surface area contributed by atoms with Gasteiger partial charge >= 0.3 is 0 Å². The highest BCUT2D eigenvalue weighted by molar-refractivity contribution is 6.00. The SMILES string of the molecule is Cn1ccn2ncc(C(=O)N3C[C@H](O)C[C@H](NC(=O)C4CC4)C3)c12.